The molecule has 3 saturated carbocycles. The van der Waals surface area contributed by atoms with Crippen LogP contribution in [0.15, 0.2) is 23.8 Å². The molecule has 0 saturated heterocycles. The SMILES string of the molecule is CC(=O)O[C@]1(C(C)=O)CC[C@@]2(F)[C@@H]3C[C@H](C)C4=CC(=O)C=C[C@]4(C)[C@@]3(F)[C@@H](O)C[C@]12C. The first-order chi connectivity index (χ1) is 14.2. The maximum atomic E-state index is 17.2. The molecular formula is C24H30F2O5. The highest BCUT2D eigenvalue weighted by Crippen LogP contribution is 2.73. The van der Waals surface area contributed by atoms with Crippen molar-refractivity contribution in [1.82, 2.24) is 0 Å². The molecule has 3 fully saturated rings. The summed E-state index contributed by atoms with van der Waals surface area (Å²) in [6.45, 7) is 7.36. The zero-order valence-corrected chi connectivity index (χ0v) is 18.6. The van der Waals surface area contributed by atoms with Gasteiger partial charge in [0.15, 0.2) is 22.8 Å². The highest BCUT2D eigenvalue weighted by molar-refractivity contribution is 6.01. The van der Waals surface area contributed by atoms with Crippen molar-refractivity contribution in [2.45, 2.75) is 83.3 Å². The number of carbonyl (C=O) groups excluding carboxylic acids is 3. The lowest BCUT2D eigenvalue weighted by molar-refractivity contribution is -0.260. The number of allylic oxidation sites excluding steroid dienone is 4. The van der Waals surface area contributed by atoms with Crippen LogP contribution in [0.5, 0.6) is 0 Å². The van der Waals surface area contributed by atoms with Crippen LogP contribution in [0.4, 0.5) is 8.78 Å². The van der Waals surface area contributed by atoms with E-state index in [4.69, 9.17) is 4.74 Å². The van der Waals surface area contributed by atoms with E-state index in [0.717, 1.165) is 6.92 Å². The average Bonchev–Trinajstić information content (AvgIpc) is 2.89. The van der Waals surface area contributed by atoms with Gasteiger partial charge >= 0.3 is 5.97 Å². The molecule has 0 spiro atoms. The quantitative estimate of drug-likeness (QED) is 0.669. The van der Waals surface area contributed by atoms with Crippen molar-refractivity contribution in [2.75, 3.05) is 0 Å². The number of esters is 1. The van der Waals surface area contributed by atoms with Gasteiger partial charge in [0, 0.05) is 18.3 Å². The van der Waals surface area contributed by atoms with E-state index in [0.29, 0.717) is 5.57 Å². The number of rotatable bonds is 2. The standard InChI is InChI=1S/C24H30F2O5/c1-13-10-18-22(25)8-9-23(14(2)27,31-15(3)28)21(22,5)12-19(30)24(18,26)20(4)7-6-16(29)11-17(13)20/h6-7,11,13,18-19,30H,8-10,12H2,1-5H3/t13-,18-,19-,20-,21-,22+,23-,24-/m0/s1. The zero-order chi connectivity index (χ0) is 23.2. The second-order valence-electron chi connectivity index (χ2n) is 10.4. The molecule has 0 aromatic carbocycles. The van der Waals surface area contributed by atoms with Gasteiger partial charge in [0.2, 0.25) is 0 Å². The number of carbonyl (C=O) groups is 3. The molecule has 4 aliphatic rings. The Morgan fingerprint density at radius 3 is 2.42 bits per heavy atom. The first kappa shape index (κ1) is 22.3. The van der Waals surface area contributed by atoms with Gasteiger partial charge in [0.05, 0.1) is 11.5 Å². The number of ketones is 2. The summed E-state index contributed by atoms with van der Waals surface area (Å²) in [5.41, 5.74) is -8.69. The molecule has 7 heteroatoms. The van der Waals surface area contributed by atoms with Crippen molar-refractivity contribution < 1.29 is 33.0 Å². The van der Waals surface area contributed by atoms with Gasteiger partial charge in [-0.3, -0.25) is 14.4 Å². The number of alkyl halides is 2. The van der Waals surface area contributed by atoms with E-state index in [1.54, 1.807) is 6.92 Å². The van der Waals surface area contributed by atoms with Gasteiger partial charge in [-0.05, 0) is 57.6 Å². The normalized spacial score (nSPS) is 50.8. The van der Waals surface area contributed by atoms with E-state index >= 15 is 8.78 Å². The minimum Gasteiger partial charge on any atom is -0.451 e. The van der Waals surface area contributed by atoms with Crippen molar-refractivity contribution in [3.05, 3.63) is 23.8 Å². The topological polar surface area (TPSA) is 80.7 Å². The first-order valence-corrected chi connectivity index (χ1v) is 10.9. The molecule has 4 aliphatic carbocycles. The lowest BCUT2D eigenvalue weighted by Gasteiger charge is -2.65. The van der Waals surface area contributed by atoms with Crippen LogP contribution in [-0.2, 0) is 19.1 Å². The van der Waals surface area contributed by atoms with Crippen LogP contribution in [0.3, 0.4) is 0 Å². The molecule has 0 aromatic rings. The Hall–Kier alpha value is -1.89. The summed E-state index contributed by atoms with van der Waals surface area (Å²) in [6.07, 6.45) is 2.03. The Bertz CT molecular complexity index is 942. The highest BCUT2D eigenvalue weighted by atomic mass is 19.2. The molecule has 0 aromatic heterocycles. The van der Waals surface area contributed by atoms with Gasteiger partial charge in [-0.15, -0.1) is 0 Å². The number of aliphatic hydroxyl groups excluding tert-OH is 1. The predicted octanol–water partition coefficient (Wildman–Crippen LogP) is 3.59. The molecule has 0 amide bonds. The number of ether oxygens (including phenoxy) is 1. The molecular weight excluding hydrogens is 406 g/mol. The molecule has 0 aliphatic heterocycles. The molecule has 0 unspecified atom stereocenters. The van der Waals surface area contributed by atoms with E-state index in [-0.39, 0.29) is 37.4 Å². The minimum absolute atomic E-state index is 0.0592. The molecule has 0 heterocycles. The minimum atomic E-state index is -2.38. The van der Waals surface area contributed by atoms with Crippen molar-refractivity contribution >= 4 is 17.5 Å². The number of halogens is 2. The zero-order valence-electron chi connectivity index (χ0n) is 18.6. The van der Waals surface area contributed by atoms with Crippen LogP contribution in [0.1, 0.15) is 60.3 Å². The summed E-state index contributed by atoms with van der Waals surface area (Å²) in [5, 5.41) is 11.3. The Morgan fingerprint density at radius 1 is 1.19 bits per heavy atom. The predicted molar refractivity (Wildman–Crippen MR) is 108 cm³/mol. The van der Waals surface area contributed by atoms with E-state index in [1.807, 2.05) is 6.92 Å². The Balaban J connectivity index is 1.92. The van der Waals surface area contributed by atoms with Gasteiger partial charge in [0.25, 0.3) is 0 Å². The van der Waals surface area contributed by atoms with E-state index < -0.39 is 51.5 Å². The van der Waals surface area contributed by atoms with Gasteiger partial charge < -0.3 is 9.84 Å². The van der Waals surface area contributed by atoms with Gasteiger partial charge in [-0.2, -0.15) is 0 Å². The number of aliphatic hydroxyl groups is 1. The average molecular weight is 436 g/mol. The Morgan fingerprint density at radius 2 is 1.84 bits per heavy atom. The third-order valence-electron chi connectivity index (χ3n) is 9.08. The van der Waals surface area contributed by atoms with E-state index in [9.17, 15) is 19.5 Å². The van der Waals surface area contributed by atoms with Crippen molar-refractivity contribution in [2.24, 2.45) is 22.7 Å². The molecule has 4 rings (SSSR count). The van der Waals surface area contributed by atoms with Crippen molar-refractivity contribution in [3.63, 3.8) is 0 Å². The fourth-order valence-corrected chi connectivity index (χ4v) is 7.53. The summed E-state index contributed by atoms with van der Waals surface area (Å²) in [6, 6.07) is 0. The third-order valence-corrected chi connectivity index (χ3v) is 9.08. The fraction of sp³-hybridized carbons (Fsp3) is 0.708. The summed E-state index contributed by atoms with van der Waals surface area (Å²) >= 11 is 0. The van der Waals surface area contributed by atoms with Crippen molar-refractivity contribution in [3.8, 4) is 0 Å². The smallest absolute Gasteiger partial charge is 0.303 e. The molecule has 31 heavy (non-hydrogen) atoms. The van der Waals surface area contributed by atoms with E-state index in [1.165, 1.54) is 32.1 Å². The maximum Gasteiger partial charge on any atom is 0.303 e. The monoisotopic (exact) mass is 436 g/mol. The number of hydrogen-bond donors (Lipinski definition) is 1. The van der Waals surface area contributed by atoms with Gasteiger partial charge in [-0.1, -0.05) is 25.5 Å². The number of hydrogen-bond acceptors (Lipinski definition) is 5. The number of Topliss-reactive ketones (excluding diaryl/α,β-unsaturated/α-hetero) is 1. The summed E-state index contributed by atoms with van der Waals surface area (Å²) in [5.74, 6) is -2.99. The number of fused-ring (bicyclic) bond motifs is 5. The van der Waals surface area contributed by atoms with Crippen LogP contribution in [0, 0.1) is 22.7 Å². The largest absolute Gasteiger partial charge is 0.451 e. The van der Waals surface area contributed by atoms with Gasteiger partial charge in [-0.25, -0.2) is 8.78 Å². The maximum absolute atomic E-state index is 17.2. The van der Waals surface area contributed by atoms with Crippen LogP contribution in [0.25, 0.3) is 0 Å². The molecule has 0 radical (unpaired) electrons. The van der Waals surface area contributed by atoms with Crippen LogP contribution in [-0.4, -0.2) is 45.7 Å². The van der Waals surface area contributed by atoms with E-state index in [2.05, 4.69) is 0 Å². The summed E-state index contributed by atoms with van der Waals surface area (Å²) in [7, 11) is 0. The molecule has 5 nitrogen and oxygen atoms in total. The summed E-state index contributed by atoms with van der Waals surface area (Å²) < 4.78 is 39.8. The van der Waals surface area contributed by atoms with Crippen LogP contribution >= 0.6 is 0 Å². The lowest BCUT2D eigenvalue weighted by Crippen LogP contribution is -2.75. The Labute approximate surface area is 180 Å². The molecule has 170 valence electrons. The lowest BCUT2D eigenvalue weighted by atomic mass is 9.42. The first-order valence-electron chi connectivity index (χ1n) is 10.9. The highest BCUT2D eigenvalue weighted by Gasteiger charge is 2.82. The molecule has 8 atom stereocenters. The van der Waals surface area contributed by atoms with Crippen LogP contribution < -0.4 is 0 Å². The fourth-order valence-electron chi connectivity index (χ4n) is 7.53. The third kappa shape index (κ3) is 2.36. The Kier molecular flexibility index (Phi) is 4.56. The second-order valence-corrected chi connectivity index (χ2v) is 10.4. The van der Waals surface area contributed by atoms with Crippen molar-refractivity contribution in [1.29, 1.82) is 0 Å². The summed E-state index contributed by atoms with van der Waals surface area (Å²) in [4.78, 5) is 36.7. The second kappa shape index (κ2) is 6.33. The van der Waals surface area contributed by atoms with Crippen LogP contribution in [0.2, 0.25) is 0 Å². The molecule has 1 N–H and O–H groups in total. The molecule has 0 bridgehead atoms. The van der Waals surface area contributed by atoms with Gasteiger partial charge in [0.1, 0.15) is 5.67 Å².